The Hall–Kier alpha value is -2.60. The van der Waals surface area contributed by atoms with Crippen LogP contribution in [-0.2, 0) is 16.0 Å². The molecule has 0 aliphatic heterocycles. The van der Waals surface area contributed by atoms with E-state index in [9.17, 15) is 9.59 Å². The van der Waals surface area contributed by atoms with Crippen molar-refractivity contribution >= 4 is 29.2 Å². The van der Waals surface area contributed by atoms with Crippen molar-refractivity contribution in [3.8, 4) is 5.75 Å². The van der Waals surface area contributed by atoms with E-state index in [1.165, 1.54) is 11.0 Å². The van der Waals surface area contributed by atoms with Crippen LogP contribution < -0.4 is 15.8 Å². The Balaban J connectivity index is 1.75. The molecule has 5 nitrogen and oxygen atoms in total. The second-order valence-corrected chi connectivity index (χ2v) is 5.81. The molecule has 3 N–H and O–H groups in total. The molecule has 0 saturated carbocycles. The predicted octanol–water partition coefficient (Wildman–Crippen LogP) is 1.98. The minimum atomic E-state index is -0.520. The number of amides is 2. The highest BCUT2D eigenvalue weighted by atomic mass is 32.1. The van der Waals surface area contributed by atoms with E-state index in [-0.39, 0.29) is 12.5 Å². The van der Waals surface area contributed by atoms with Gasteiger partial charge in [0.2, 0.25) is 5.91 Å². The van der Waals surface area contributed by atoms with Crippen LogP contribution >= 0.6 is 11.3 Å². The monoisotopic (exact) mass is 330 g/mol. The van der Waals surface area contributed by atoms with Gasteiger partial charge in [0.05, 0.1) is 0 Å². The minimum absolute atomic E-state index is 0.129. The Morgan fingerprint density at radius 1 is 1.22 bits per heavy atom. The lowest BCUT2D eigenvalue weighted by molar-refractivity contribution is -0.120. The second-order valence-electron chi connectivity index (χ2n) is 4.78. The first-order chi connectivity index (χ1) is 11.1. The van der Waals surface area contributed by atoms with E-state index in [1.807, 2.05) is 11.4 Å². The number of rotatable bonds is 8. The molecule has 0 atom stereocenters. The van der Waals surface area contributed by atoms with Gasteiger partial charge in [-0.2, -0.15) is 0 Å². The number of hydrogen-bond acceptors (Lipinski definition) is 4. The normalized spacial score (nSPS) is 10.6. The zero-order chi connectivity index (χ0) is 16.5. The third-order valence-corrected chi connectivity index (χ3v) is 3.88. The lowest BCUT2D eigenvalue weighted by Crippen LogP contribution is -2.23. The summed E-state index contributed by atoms with van der Waals surface area (Å²) in [6.45, 7) is 0.464. The molecule has 2 aromatic rings. The number of benzene rings is 1. The Kier molecular flexibility index (Phi) is 6.38. The molecule has 0 radical (unpaired) electrons. The fraction of sp³-hybridized carbons (Fsp3) is 0.176. The summed E-state index contributed by atoms with van der Waals surface area (Å²) in [5.41, 5.74) is 5.87. The van der Waals surface area contributed by atoms with Gasteiger partial charge in [-0.3, -0.25) is 9.59 Å². The van der Waals surface area contributed by atoms with E-state index in [0.717, 1.165) is 12.0 Å². The molecular formula is C17H18N2O3S. The molecule has 1 aromatic carbocycles. The molecule has 0 fully saturated rings. The van der Waals surface area contributed by atoms with Crippen molar-refractivity contribution in [1.29, 1.82) is 0 Å². The Morgan fingerprint density at radius 3 is 2.65 bits per heavy atom. The second kappa shape index (κ2) is 8.75. The lowest BCUT2D eigenvalue weighted by Gasteiger charge is -2.03. The number of carbonyl (C=O) groups is 2. The fourth-order valence-electron chi connectivity index (χ4n) is 1.82. The summed E-state index contributed by atoms with van der Waals surface area (Å²) in [5.74, 6) is -0.0925. The summed E-state index contributed by atoms with van der Waals surface area (Å²) in [6.07, 6.45) is 4.05. The van der Waals surface area contributed by atoms with Crippen molar-refractivity contribution in [3.63, 3.8) is 0 Å². The third-order valence-electron chi connectivity index (χ3n) is 2.94. The van der Waals surface area contributed by atoms with Crippen molar-refractivity contribution < 1.29 is 14.3 Å². The largest absolute Gasteiger partial charge is 0.484 e. The maximum Gasteiger partial charge on any atom is 0.255 e. The van der Waals surface area contributed by atoms with Gasteiger partial charge in [-0.1, -0.05) is 18.2 Å². The molecule has 1 heterocycles. The Morgan fingerprint density at radius 2 is 2.00 bits per heavy atom. The van der Waals surface area contributed by atoms with Crippen LogP contribution in [0.4, 0.5) is 0 Å². The van der Waals surface area contributed by atoms with Gasteiger partial charge in [-0.25, -0.2) is 0 Å². The predicted molar refractivity (Wildman–Crippen MR) is 91.2 cm³/mol. The van der Waals surface area contributed by atoms with Crippen molar-refractivity contribution in [2.45, 2.75) is 6.42 Å². The van der Waals surface area contributed by atoms with Crippen LogP contribution in [-0.4, -0.2) is 25.0 Å². The molecule has 0 unspecified atom stereocenters. The van der Waals surface area contributed by atoms with Crippen molar-refractivity contribution in [2.24, 2.45) is 5.73 Å². The van der Waals surface area contributed by atoms with Crippen LogP contribution in [0.2, 0.25) is 0 Å². The van der Waals surface area contributed by atoms with Crippen LogP contribution in [0.5, 0.6) is 5.75 Å². The number of nitrogens with two attached hydrogens (primary N) is 1. The molecule has 6 heteroatoms. The molecule has 1 aromatic heterocycles. The topological polar surface area (TPSA) is 81.4 Å². The Bertz CT molecular complexity index is 664. The highest BCUT2D eigenvalue weighted by Gasteiger charge is 1.99. The van der Waals surface area contributed by atoms with Crippen LogP contribution in [0.3, 0.4) is 0 Å². The average molecular weight is 330 g/mol. The molecule has 0 bridgehead atoms. The quantitative estimate of drug-likeness (QED) is 0.726. The number of thiophene rings is 1. The van der Waals surface area contributed by atoms with Gasteiger partial charge in [0.15, 0.2) is 6.61 Å². The smallest absolute Gasteiger partial charge is 0.255 e. The molecular weight excluding hydrogens is 312 g/mol. The molecule has 0 aliphatic carbocycles. The lowest BCUT2D eigenvalue weighted by atomic mass is 10.2. The molecule has 23 heavy (non-hydrogen) atoms. The summed E-state index contributed by atoms with van der Waals surface area (Å²) < 4.78 is 5.16. The summed E-state index contributed by atoms with van der Waals surface area (Å²) in [4.78, 5) is 23.6. The molecule has 0 saturated heterocycles. The SMILES string of the molecule is NC(=O)COc1ccc(/C=C/C(=O)NCCc2cccs2)cc1. The first-order valence-electron chi connectivity index (χ1n) is 7.13. The van der Waals surface area contributed by atoms with Crippen LogP contribution in [0.1, 0.15) is 10.4 Å². The van der Waals surface area contributed by atoms with Crippen LogP contribution in [0.25, 0.3) is 6.08 Å². The first kappa shape index (κ1) is 16.8. The molecule has 0 aliphatic rings. The fourth-order valence-corrected chi connectivity index (χ4v) is 2.53. The van der Waals surface area contributed by atoms with Gasteiger partial charge >= 0.3 is 0 Å². The highest BCUT2D eigenvalue weighted by molar-refractivity contribution is 7.09. The Labute approximate surface area is 138 Å². The maximum absolute atomic E-state index is 11.7. The summed E-state index contributed by atoms with van der Waals surface area (Å²) in [5, 5.41) is 4.86. The zero-order valence-electron chi connectivity index (χ0n) is 12.5. The average Bonchev–Trinajstić information content (AvgIpc) is 3.05. The van der Waals surface area contributed by atoms with Gasteiger partial charge in [0.1, 0.15) is 5.75 Å². The minimum Gasteiger partial charge on any atom is -0.484 e. The summed E-state index contributed by atoms with van der Waals surface area (Å²) in [7, 11) is 0. The number of nitrogens with one attached hydrogen (secondary N) is 1. The maximum atomic E-state index is 11.7. The third kappa shape index (κ3) is 6.36. The van der Waals surface area contributed by atoms with Gasteiger partial charge in [0.25, 0.3) is 5.91 Å². The van der Waals surface area contributed by atoms with Gasteiger partial charge in [0, 0.05) is 17.5 Å². The van der Waals surface area contributed by atoms with Crippen molar-refractivity contribution in [1.82, 2.24) is 5.32 Å². The van der Waals surface area contributed by atoms with Crippen LogP contribution in [0.15, 0.2) is 47.9 Å². The molecule has 2 amide bonds. The number of primary amides is 1. The van der Waals surface area contributed by atoms with E-state index in [2.05, 4.69) is 11.4 Å². The highest BCUT2D eigenvalue weighted by Crippen LogP contribution is 2.13. The summed E-state index contributed by atoms with van der Waals surface area (Å²) >= 11 is 1.68. The first-order valence-corrected chi connectivity index (χ1v) is 8.01. The molecule has 2 rings (SSSR count). The van der Waals surface area contributed by atoms with E-state index in [0.29, 0.717) is 12.3 Å². The van der Waals surface area contributed by atoms with E-state index in [4.69, 9.17) is 10.5 Å². The molecule has 0 spiro atoms. The number of ether oxygens (including phenoxy) is 1. The number of carbonyl (C=O) groups excluding carboxylic acids is 2. The van der Waals surface area contributed by atoms with Gasteiger partial charge < -0.3 is 15.8 Å². The van der Waals surface area contributed by atoms with Gasteiger partial charge in [-0.05, 0) is 41.6 Å². The van der Waals surface area contributed by atoms with Crippen molar-refractivity contribution in [3.05, 3.63) is 58.3 Å². The van der Waals surface area contributed by atoms with E-state index >= 15 is 0 Å². The van der Waals surface area contributed by atoms with E-state index < -0.39 is 5.91 Å². The van der Waals surface area contributed by atoms with E-state index in [1.54, 1.807) is 41.7 Å². The summed E-state index contributed by atoms with van der Waals surface area (Å²) in [6, 6.07) is 11.1. The van der Waals surface area contributed by atoms with Crippen LogP contribution in [0, 0.1) is 0 Å². The van der Waals surface area contributed by atoms with Gasteiger partial charge in [-0.15, -0.1) is 11.3 Å². The zero-order valence-corrected chi connectivity index (χ0v) is 13.3. The number of hydrogen-bond donors (Lipinski definition) is 2. The van der Waals surface area contributed by atoms with Crippen molar-refractivity contribution in [2.75, 3.05) is 13.2 Å². The standard InChI is InChI=1S/C17H18N2O3S/c18-16(20)12-22-14-6-3-13(4-7-14)5-8-17(21)19-10-9-15-2-1-11-23-15/h1-8,11H,9-10,12H2,(H2,18,20)(H,19,21)/b8-5+. The molecule has 120 valence electrons.